The maximum Gasteiger partial charge on any atom is 0.324 e. The summed E-state index contributed by atoms with van der Waals surface area (Å²) in [4.78, 5) is 3.77. The highest BCUT2D eigenvalue weighted by Gasteiger charge is 2.40. The summed E-state index contributed by atoms with van der Waals surface area (Å²) >= 11 is 3.18. The van der Waals surface area contributed by atoms with Gasteiger partial charge in [0.05, 0.1) is 6.54 Å². The van der Waals surface area contributed by atoms with E-state index in [1.807, 2.05) is 0 Å². The number of pyridine rings is 1. The van der Waals surface area contributed by atoms with E-state index in [4.69, 9.17) is 0 Å². The predicted octanol–water partition coefficient (Wildman–Crippen LogP) is 3.46. The van der Waals surface area contributed by atoms with Gasteiger partial charge in [0.1, 0.15) is 5.82 Å². The van der Waals surface area contributed by atoms with E-state index in [-0.39, 0.29) is 5.82 Å². The van der Waals surface area contributed by atoms with Crippen molar-refractivity contribution in [1.29, 1.82) is 0 Å². The number of alkyl halides is 4. The van der Waals surface area contributed by atoms with Gasteiger partial charge < -0.3 is 5.32 Å². The van der Waals surface area contributed by atoms with E-state index in [0.717, 1.165) is 10.0 Å². The highest BCUT2D eigenvalue weighted by Crippen LogP contribution is 2.23. The smallest absolute Gasteiger partial charge is 0.324 e. The molecular weight excluding hydrogens is 292 g/mol. The molecule has 1 heterocycles. The van der Waals surface area contributed by atoms with Gasteiger partial charge in [-0.15, -0.1) is 0 Å². The van der Waals surface area contributed by atoms with Crippen molar-refractivity contribution in [3.63, 3.8) is 0 Å². The molecule has 0 unspecified atom stereocenters. The fourth-order valence-corrected chi connectivity index (χ4v) is 1.14. The lowest BCUT2D eigenvalue weighted by Crippen LogP contribution is -2.35. The Morgan fingerprint density at radius 3 is 2.62 bits per heavy atom. The van der Waals surface area contributed by atoms with Crippen LogP contribution in [-0.4, -0.2) is 23.9 Å². The van der Waals surface area contributed by atoms with Crippen LogP contribution < -0.4 is 5.32 Å². The van der Waals surface area contributed by atoms with Crippen LogP contribution in [0.4, 0.5) is 23.4 Å². The second-order valence-electron chi connectivity index (χ2n) is 3.23. The minimum absolute atomic E-state index is 0.140. The zero-order valence-electron chi connectivity index (χ0n) is 8.28. The van der Waals surface area contributed by atoms with Crippen LogP contribution >= 0.6 is 15.9 Å². The number of nitrogens with one attached hydrogen (secondary N) is 1. The van der Waals surface area contributed by atoms with E-state index >= 15 is 0 Å². The van der Waals surface area contributed by atoms with Crippen LogP contribution in [0.25, 0.3) is 0 Å². The Morgan fingerprint density at radius 1 is 1.50 bits per heavy atom. The number of halogens is 5. The molecule has 1 aromatic heterocycles. The molecule has 0 fully saturated rings. The molecule has 90 valence electrons. The summed E-state index contributed by atoms with van der Waals surface area (Å²) in [6, 6.07) is 1.49. The molecule has 0 radical (unpaired) electrons. The third kappa shape index (κ3) is 3.33. The van der Waals surface area contributed by atoms with Crippen molar-refractivity contribution >= 4 is 21.7 Å². The summed E-state index contributed by atoms with van der Waals surface area (Å²) in [5.74, 6) is -3.91. The predicted molar refractivity (Wildman–Crippen MR) is 56.1 cm³/mol. The molecule has 0 saturated carbocycles. The van der Waals surface area contributed by atoms with E-state index in [9.17, 15) is 17.6 Å². The monoisotopic (exact) mass is 300 g/mol. The maximum absolute atomic E-state index is 12.6. The molecule has 0 atom stereocenters. The second-order valence-corrected chi connectivity index (χ2v) is 4.09. The van der Waals surface area contributed by atoms with Gasteiger partial charge in [-0.3, -0.25) is 0 Å². The lowest BCUT2D eigenvalue weighted by molar-refractivity contribution is -0.117. The number of rotatable bonds is 4. The minimum atomic E-state index is -4.05. The van der Waals surface area contributed by atoms with Crippen molar-refractivity contribution in [2.75, 3.05) is 11.9 Å². The molecule has 7 heteroatoms. The largest absolute Gasteiger partial charge is 0.364 e. The lowest BCUT2D eigenvalue weighted by atomic mass is 10.3. The van der Waals surface area contributed by atoms with Gasteiger partial charge in [-0.1, -0.05) is 0 Å². The van der Waals surface area contributed by atoms with Crippen molar-refractivity contribution in [3.05, 3.63) is 22.3 Å². The minimum Gasteiger partial charge on any atom is -0.364 e. The number of nitrogens with zero attached hydrogens (tertiary/aromatic N) is 1. The van der Waals surface area contributed by atoms with Gasteiger partial charge in [0.15, 0.2) is 0 Å². The standard InChI is InChI=1S/C9H9BrF4N2/c1-5-2-7(15-3-6(5)10)16-4-9(13,14)8(11)12/h2-3,8H,4H2,1H3,(H,15,16). The maximum atomic E-state index is 12.6. The number of aryl methyl sites for hydroxylation is 1. The van der Waals surface area contributed by atoms with Gasteiger partial charge in [-0.25, -0.2) is 13.8 Å². The first-order valence-corrected chi connectivity index (χ1v) is 5.14. The number of hydrogen-bond donors (Lipinski definition) is 1. The van der Waals surface area contributed by atoms with Gasteiger partial charge in [0.25, 0.3) is 0 Å². The highest BCUT2D eigenvalue weighted by molar-refractivity contribution is 9.10. The summed E-state index contributed by atoms with van der Waals surface area (Å²) in [7, 11) is 0. The zero-order chi connectivity index (χ0) is 12.3. The van der Waals surface area contributed by atoms with E-state index in [2.05, 4.69) is 26.2 Å². The average molecular weight is 301 g/mol. The number of aromatic nitrogens is 1. The molecule has 0 aliphatic heterocycles. The third-order valence-corrected chi connectivity index (χ3v) is 2.70. The third-order valence-electron chi connectivity index (χ3n) is 1.87. The van der Waals surface area contributed by atoms with Crippen LogP contribution in [0, 0.1) is 6.92 Å². The molecule has 16 heavy (non-hydrogen) atoms. The van der Waals surface area contributed by atoms with Crippen molar-refractivity contribution < 1.29 is 17.6 Å². The van der Waals surface area contributed by atoms with Crippen molar-refractivity contribution in [2.24, 2.45) is 0 Å². The molecule has 0 bridgehead atoms. The van der Waals surface area contributed by atoms with E-state index in [1.165, 1.54) is 12.3 Å². The fraction of sp³-hybridized carbons (Fsp3) is 0.444. The Labute approximate surface area is 98.2 Å². The first kappa shape index (κ1) is 13.2. The van der Waals surface area contributed by atoms with Gasteiger partial charge in [0.2, 0.25) is 0 Å². The number of anilines is 1. The lowest BCUT2D eigenvalue weighted by Gasteiger charge is -2.16. The number of hydrogen-bond acceptors (Lipinski definition) is 2. The quantitative estimate of drug-likeness (QED) is 0.861. The average Bonchev–Trinajstić information content (AvgIpc) is 2.20. The molecule has 0 aromatic carbocycles. The van der Waals surface area contributed by atoms with Gasteiger partial charge >= 0.3 is 12.3 Å². The van der Waals surface area contributed by atoms with Crippen LogP contribution in [0.2, 0.25) is 0 Å². The van der Waals surface area contributed by atoms with Crippen molar-refractivity contribution in [1.82, 2.24) is 4.98 Å². The van der Waals surface area contributed by atoms with Gasteiger partial charge in [-0.05, 0) is 34.5 Å². The van der Waals surface area contributed by atoms with Crippen LogP contribution in [0.1, 0.15) is 5.56 Å². The first-order valence-electron chi connectivity index (χ1n) is 4.35. The molecule has 0 saturated heterocycles. The summed E-state index contributed by atoms with van der Waals surface area (Å²) in [5.41, 5.74) is 0.776. The first-order chi connectivity index (χ1) is 7.33. The molecule has 1 N–H and O–H groups in total. The molecule has 0 spiro atoms. The fourth-order valence-electron chi connectivity index (χ4n) is 0.922. The summed E-state index contributed by atoms with van der Waals surface area (Å²) in [6.07, 6.45) is -2.27. The second kappa shape index (κ2) is 4.99. The Morgan fingerprint density at radius 2 is 2.12 bits per heavy atom. The molecule has 1 aromatic rings. The van der Waals surface area contributed by atoms with Gasteiger partial charge in [-0.2, -0.15) is 8.78 Å². The summed E-state index contributed by atoms with van der Waals surface area (Å²) < 4.78 is 49.5. The van der Waals surface area contributed by atoms with Crippen molar-refractivity contribution in [2.45, 2.75) is 19.3 Å². The highest BCUT2D eigenvalue weighted by atomic mass is 79.9. The Kier molecular flexibility index (Phi) is 4.12. The molecular formula is C9H9BrF4N2. The molecule has 1 rings (SSSR count). The Hall–Kier alpha value is -0.850. The topological polar surface area (TPSA) is 24.9 Å². The van der Waals surface area contributed by atoms with E-state index < -0.39 is 18.9 Å². The Balaban J connectivity index is 2.65. The molecule has 2 nitrogen and oxygen atoms in total. The molecule has 0 aliphatic rings. The van der Waals surface area contributed by atoms with Crippen LogP contribution in [0.3, 0.4) is 0 Å². The van der Waals surface area contributed by atoms with Crippen LogP contribution in [0.5, 0.6) is 0 Å². The van der Waals surface area contributed by atoms with Crippen LogP contribution in [-0.2, 0) is 0 Å². The Bertz CT molecular complexity index is 371. The normalized spacial score (nSPS) is 11.9. The SMILES string of the molecule is Cc1cc(NCC(F)(F)C(F)F)ncc1Br. The van der Waals surface area contributed by atoms with Crippen molar-refractivity contribution in [3.8, 4) is 0 Å². The van der Waals surface area contributed by atoms with Gasteiger partial charge in [0, 0.05) is 10.7 Å². The summed E-state index contributed by atoms with van der Waals surface area (Å²) in [6.45, 7) is 0.598. The molecule has 0 amide bonds. The zero-order valence-corrected chi connectivity index (χ0v) is 9.86. The van der Waals surface area contributed by atoms with E-state index in [1.54, 1.807) is 6.92 Å². The van der Waals surface area contributed by atoms with E-state index in [0.29, 0.717) is 0 Å². The summed E-state index contributed by atoms with van der Waals surface area (Å²) in [5, 5.41) is 2.17. The van der Waals surface area contributed by atoms with Crippen LogP contribution in [0.15, 0.2) is 16.7 Å². The molecule has 0 aliphatic carbocycles.